The highest BCUT2D eigenvalue weighted by molar-refractivity contribution is 7.17. The molecule has 1 aromatic carbocycles. The van der Waals surface area contributed by atoms with Crippen molar-refractivity contribution in [2.24, 2.45) is 0 Å². The normalized spacial score (nSPS) is 25.7. The molecule has 3 atom stereocenters. The van der Waals surface area contributed by atoms with Gasteiger partial charge in [-0.15, -0.1) is 11.3 Å². The fraction of sp³-hybridized carbons (Fsp3) is 0.412. The van der Waals surface area contributed by atoms with Gasteiger partial charge >= 0.3 is 0 Å². The van der Waals surface area contributed by atoms with Crippen molar-refractivity contribution in [2.45, 2.75) is 44.3 Å². The molecule has 2 fully saturated rings. The van der Waals surface area contributed by atoms with Gasteiger partial charge in [-0.1, -0.05) is 18.2 Å². The summed E-state index contributed by atoms with van der Waals surface area (Å²) in [7, 11) is 0. The van der Waals surface area contributed by atoms with E-state index in [0.29, 0.717) is 28.3 Å². The molecule has 2 aliphatic rings. The first kappa shape index (κ1) is 14.8. The number of nitrogens with one attached hydrogen (secondary N) is 2. The first-order valence-corrected chi connectivity index (χ1v) is 8.72. The summed E-state index contributed by atoms with van der Waals surface area (Å²) >= 11 is 1.25. The van der Waals surface area contributed by atoms with E-state index in [2.05, 4.69) is 15.6 Å². The van der Waals surface area contributed by atoms with Crippen molar-refractivity contribution < 1.29 is 9.18 Å². The first-order chi connectivity index (χ1) is 11.1. The third-order valence-electron chi connectivity index (χ3n) is 4.73. The van der Waals surface area contributed by atoms with Gasteiger partial charge < -0.3 is 10.6 Å². The molecule has 0 unspecified atom stereocenters. The molecule has 1 amide bonds. The molecule has 4 nitrogen and oxygen atoms in total. The summed E-state index contributed by atoms with van der Waals surface area (Å²) in [6.45, 7) is 1.81. The Labute approximate surface area is 138 Å². The van der Waals surface area contributed by atoms with Gasteiger partial charge in [0.15, 0.2) is 5.01 Å². The lowest BCUT2D eigenvalue weighted by Gasteiger charge is -2.20. The van der Waals surface area contributed by atoms with Crippen molar-refractivity contribution in [2.75, 3.05) is 0 Å². The van der Waals surface area contributed by atoms with Crippen molar-refractivity contribution >= 4 is 17.2 Å². The van der Waals surface area contributed by atoms with Crippen LogP contribution in [0.2, 0.25) is 0 Å². The number of carbonyl (C=O) groups is 1. The zero-order valence-electron chi connectivity index (χ0n) is 12.8. The van der Waals surface area contributed by atoms with Gasteiger partial charge in [0.05, 0.1) is 10.6 Å². The minimum Gasteiger partial charge on any atom is -0.346 e. The van der Waals surface area contributed by atoms with Crippen LogP contribution in [-0.2, 0) is 0 Å². The maximum absolute atomic E-state index is 14.0. The molecule has 120 valence electrons. The number of hydrogen-bond acceptors (Lipinski definition) is 4. The van der Waals surface area contributed by atoms with Gasteiger partial charge in [-0.25, -0.2) is 9.37 Å². The van der Waals surface area contributed by atoms with Crippen molar-refractivity contribution in [1.29, 1.82) is 0 Å². The Kier molecular flexibility index (Phi) is 3.66. The summed E-state index contributed by atoms with van der Waals surface area (Å²) in [5.41, 5.74) is 1.19. The van der Waals surface area contributed by atoms with Crippen molar-refractivity contribution in [3.63, 3.8) is 0 Å². The number of carbonyl (C=O) groups excluding carboxylic acids is 1. The Morgan fingerprint density at radius 3 is 2.91 bits per heavy atom. The number of amides is 1. The Bertz CT molecular complexity index is 760. The number of aryl methyl sites for hydroxylation is 1. The van der Waals surface area contributed by atoms with Crippen molar-refractivity contribution in [1.82, 2.24) is 15.6 Å². The van der Waals surface area contributed by atoms with Gasteiger partial charge in [-0.05, 0) is 32.3 Å². The molecule has 2 N–H and O–H groups in total. The average Bonchev–Trinajstić information content (AvgIpc) is 3.23. The summed E-state index contributed by atoms with van der Waals surface area (Å²) in [6.07, 6.45) is 3.30. The molecule has 0 spiro atoms. The smallest absolute Gasteiger partial charge is 0.280 e. The summed E-state index contributed by atoms with van der Waals surface area (Å²) in [5.74, 6) is -0.441. The lowest BCUT2D eigenvalue weighted by molar-refractivity contribution is 0.0930. The second-order valence-corrected chi connectivity index (χ2v) is 7.28. The molecule has 6 heteroatoms. The number of thiazole rings is 1. The number of nitrogens with zero attached hydrogens (tertiary/aromatic N) is 1. The number of halogens is 1. The molecule has 2 bridgehead atoms. The van der Waals surface area contributed by atoms with Crippen LogP contribution in [0.15, 0.2) is 24.3 Å². The van der Waals surface area contributed by atoms with E-state index in [1.165, 1.54) is 23.8 Å². The maximum Gasteiger partial charge on any atom is 0.280 e. The Balaban J connectivity index is 1.55. The minimum atomic E-state index is -0.288. The van der Waals surface area contributed by atoms with Crippen LogP contribution < -0.4 is 10.6 Å². The standard InChI is InChI=1S/C17H18FN3OS/c1-9-15(11-4-2-3-5-12(11)18)23-17(19-9)16(22)21-14-8-10-6-7-13(14)20-10/h2-5,10,13-14,20H,6-8H2,1H3,(H,21,22)/t10-,13+,14-/m1/s1. The third kappa shape index (κ3) is 2.66. The van der Waals surface area contributed by atoms with E-state index in [4.69, 9.17) is 0 Å². The van der Waals surface area contributed by atoms with Gasteiger partial charge in [0.2, 0.25) is 0 Å². The largest absolute Gasteiger partial charge is 0.346 e. The quantitative estimate of drug-likeness (QED) is 0.909. The highest BCUT2D eigenvalue weighted by atomic mass is 32.1. The Morgan fingerprint density at radius 2 is 2.22 bits per heavy atom. The molecule has 2 aliphatic heterocycles. The lowest BCUT2D eigenvalue weighted by Crippen LogP contribution is -2.42. The van der Waals surface area contributed by atoms with Gasteiger partial charge in [-0.2, -0.15) is 0 Å². The molecular formula is C17H18FN3OS. The zero-order chi connectivity index (χ0) is 16.0. The van der Waals surface area contributed by atoms with Gasteiger partial charge in [-0.3, -0.25) is 4.79 Å². The van der Waals surface area contributed by atoms with Crippen LogP contribution in [0.1, 0.15) is 34.8 Å². The number of rotatable bonds is 3. The minimum absolute atomic E-state index is 0.153. The van der Waals surface area contributed by atoms with E-state index >= 15 is 0 Å². The molecule has 4 rings (SSSR count). The van der Waals surface area contributed by atoms with Crippen LogP contribution in [0.25, 0.3) is 10.4 Å². The molecule has 0 aliphatic carbocycles. The van der Waals surface area contributed by atoms with E-state index in [0.717, 1.165) is 17.7 Å². The van der Waals surface area contributed by atoms with E-state index < -0.39 is 0 Å². The third-order valence-corrected chi connectivity index (χ3v) is 5.92. The molecule has 1 aromatic heterocycles. The first-order valence-electron chi connectivity index (χ1n) is 7.91. The Morgan fingerprint density at radius 1 is 1.39 bits per heavy atom. The van der Waals surface area contributed by atoms with Crippen LogP contribution >= 0.6 is 11.3 Å². The topological polar surface area (TPSA) is 54.0 Å². The molecular weight excluding hydrogens is 313 g/mol. The fourth-order valence-electron chi connectivity index (χ4n) is 3.60. The van der Waals surface area contributed by atoms with Crippen molar-refractivity contribution in [3.05, 3.63) is 40.8 Å². The second-order valence-electron chi connectivity index (χ2n) is 6.28. The van der Waals surface area contributed by atoms with Crippen LogP contribution in [0.4, 0.5) is 4.39 Å². The van der Waals surface area contributed by atoms with Crippen LogP contribution in [-0.4, -0.2) is 29.0 Å². The maximum atomic E-state index is 14.0. The van der Waals surface area contributed by atoms with Gasteiger partial charge in [0, 0.05) is 23.7 Å². The van der Waals surface area contributed by atoms with Crippen LogP contribution in [0, 0.1) is 12.7 Å². The summed E-state index contributed by atoms with van der Waals surface area (Å²) < 4.78 is 14.0. The summed E-state index contributed by atoms with van der Waals surface area (Å²) in [4.78, 5) is 17.5. The van der Waals surface area contributed by atoms with Crippen molar-refractivity contribution in [3.8, 4) is 10.4 Å². The molecule has 2 saturated heterocycles. The van der Waals surface area contributed by atoms with E-state index in [1.807, 2.05) is 6.92 Å². The lowest BCUT2D eigenvalue weighted by atomic mass is 9.95. The number of fused-ring (bicyclic) bond motifs is 2. The highest BCUT2D eigenvalue weighted by Gasteiger charge is 2.40. The predicted octanol–water partition coefficient (Wildman–Crippen LogP) is 2.88. The monoisotopic (exact) mass is 331 g/mol. The van der Waals surface area contributed by atoms with E-state index in [1.54, 1.807) is 18.2 Å². The number of hydrogen-bond donors (Lipinski definition) is 2. The Hall–Kier alpha value is -1.79. The van der Waals surface area contributed by atoms with Gasteiger partial charge in [0.1, 0.15) is 5.82 Å². The summed E-state index contributed by atoms with van der Waals surface area (Å²) in [5, 5.41) is 7.00. The SMILES string of the molecule is Cc1nc(C(=O)N[C@@H]2C[C@H]3CC[C@@H]2N3)sc1-c1ccccc1F. The van der Waals surface area contributed by atoms with Gasteiger partial charge in [0.25, 0.3) is 5.91 Å². The number of benzene rings is 1. The molecule has 0 saturated carbocycles. The van der Waals surface area contributed by atoms with E-state index in [9.17, 15) is 9.18 Å². The molecule has 2 aromatic rings. The average molecular weight is 331 g/mol. The zero-order valence-corrected chi connectivity index (χ0v) is 13.6. The number of aromatic nitrogens is 1. The summed E-state index contributed by atoms with van der Waals surface area (Å²) in [6, 6.07) is 7.70. The highest BCUT2D eigenvalue weighted by Crippen LogP contribution is 2.32. The van der Waals surface area contributed by atoms with E-state index in [-0.39, 0.29) is 17.8 Å². The second kappa shape index (κ2) is 5.69. The molecule has 23 heavy (non-hydrogen) atoms. The van der Waals surface area contributed by atoms with Crippen LogP contribution in [0.5, 0.6) is 0 Å². The van der Waals surface area contributed by atoms with Crippen LogP contribution in [0.3, 0.4) is 0 Å². The predicted molar refractivity (Wildman–Crippen MR) is 88.1 cm³/mol. The fourth-order valence-corrected chi connectivity index (χ4v) is 4.60. The molecule has 0 radical (unpaired) electrons. The molecule has 3 heterocycles.